The topological polar surface area (TPSA) is 77.6 Å². The number of hydrogen-bond donors (Lipinski definition) is 1. The third-order valence-electron chi connectivity index (χ3n) is 5.11. The third-order valence-corrected chi connectivity index (χ3v) is 6.28. The van der Waals surface area contributed by atoms with Crippen LogP contribution < -0.4 is 5.73 Å². The van der Waals surface area contributed by atoms with E-state index >= 15 is 0 Å². The summed E-state index contributed by atoms with van der Waals surface area (Å²) in [6.45, 7) is 0. The van der Waals surface area contributed by atoms with Crippen LogP contribution in [0, 0.1) is 0 Å². The van der Waals surface area contributed by atoms with E-state index in [1.807, 2.05) is 91.1 Å². The summed E-state index contributed by atoms with van der Waals surface area (Å²) in [5.74, 6) is 0.857. The Morgan fingerprint density at radius 3 is 1.74 bits per heavy atom. The van der Waals surface area contributed by atoms with Gasteiger partial charge in [-0.15, -0.1) is 0 Å². The van der Waals surface area contributed by atoms with Crippen molar-refractivity contribution < 1.29 is 0 Å². The maximum atomic E-state index is 5.62. The number of hydrogen-bond acceptors (Lipinski definition) is 5. The third kappa shape index (κ3) is 8.87. The Balaban J connectivity index is 0.000000173. The molecule has 4 aromatic carbocycles. The smallest absolute Gasteiger partial charge is 0.222 e. The van der Waals surface area contributed by atoms with Crippen molar-refractivity contribution in [3.05, 3.63) is 135 Å². The molecular formula is C30H26Br2ClN5. The average Bonchev–Trinajstić information content (AvgIpc) is 2.91. The highest BCUT2D eigenvalue weighted by molar-refractivity contribution is 9.10. The van der Waals surface area contributed by atoms with Gasteiger partial charge in [0.2, 0.25) is 5.28 Å². The number of para-hydroxylation sites is 1. The Bertz CT molecular complexity index is 1560. The lowest BCUT2D eigenvalue weighted by molar-refractivity contribution is 0.992. The Kier molecular flexibility index (Phi) is 11.1. The summed E-state index contributed by atoms with van der Waals surface area (Å²) in [7, 11) is 0. The predicted molar refractivity (Wildman–Crippen MR) is 166 cm³/mol. The molecule has 0 aliphatic heterocycles. The van der Waals surface area contributed by atoms with E-state index in [2.05, 4.69) is 63.9 Å². The molecule has 0 amide bonds. The van der Waals surface area contributed by atoms with E-state index in [-0.39, 0.29) is 12.7 Å². The maximum absolute atomic E-state index is 5.62. The molecule has 192 valence electrons. The van der Waals surface area contributed by atoms with Gasteiger partial charge in [0.25, 0.3) is 0 Å². The van der Waals surface area contributed by atoms with Crippen molar-refractivity contribution >= 4 is 71.0 Å². The van der Waals surface area contributed by atoms with Crippen molar-refractivity contribution in [3.63, 3.8) is 0 Å². The highest BCUT2D eigenvalue weighted by atomic mass is 79.9. The Labute approximate surface area is 244 Å². The number of rotatable bonds is 2. The molecule has 38 heavy (non-hydrogen) atoms. The monoisotopic (exact) mass is 649 g/mol. The van der Waals surface area contributed by atoms with Crippen molar-refractivity contribution in [3.8, 4) is 0 Å². The number of nitrogens with zero attached hydrogens (tertiary/aromatic N) is 4. The number of benzene rings is 4. The van der Waals surface area contributed by atoms with E-state index < -0.39 is 0 Å². The lowest BCUT2D eigenvalue weighted by atomic mass is 10.1. The van der Waals surface area contributed by atoms with E-state index in [0.29, 0.717) is 0 Å². The van der Waals surface area contributed by atoms with E-state index in [9.17, 15) is 0 Å². The van der Waals surface area contributed by atoms with Crippen LogP contribution in [0.4, 0.5) is 5.69 Å². The fraction of sp³-hybridized carbons (Fsp3) is 0.0667. The molecule has 2 N–H and O–H groups in total. The lowest BCUT2D eigenvalue weighted by Crippen LogP contribution is -1.96. The predicted octanol–water partition coefficient (Wildman–Crippen LogP) is 8.93. The Hall–Kier alpha value is -3.39. The van der Waals surface area contributed by atoms with Crippen molar-refractivity contribution in [2.75, 3.05) is 5.73 Å². The largest absolute Gasteiger partial charge is 0.399 e. The molecule has 0 radical (unpaired) electrons. The molecule has 6 aromatic rings. The highest BCUT2D eigenvalue weighted by Crippen LogP contribution is 2.19. The van der Waals surface area contributed by atoms with Crippen LogP contribution in [0.3, 0.4) is 0 Å². The Morgan fingerprint density at radius 1 is 0.658 bits per heavy atom. The Morgan fingerprint density at radius 2 is 1.18 bits per heavy atom. The van der Waals surface area contributed by atoms with Gasteiger partial charge in [-0.2, -0.15) is 0 Å². The van der Waals surface area contributed by atoms with E-state index in [1.54, 1.807) is 6.20 Å². The molecule has 2 heterocycles. The van der Waals surface area contributed by atoms with Crippen molar-refractivity contribution in [2.45, 2.75) is 13.8 Å². The van der Waals surface area contributed by atoms with Crippen LogP contribution >= 0.6 is 43.5 Å². The number of anilines is 1. The van der Waals surface area contributed by atoms with Crippen molar-refractivity contribution in [1.82, 2.24) is 19.9 Å². The number of nitrogens with two attached hydrogens (primary N) is 1. The van der Waals surface area contributed by atoms with Gasteiger partial charge < -0.3 is 5.73 Å². The number of nitrogen functional groups attached to an aromatic ring is 1. The van der Waals surface area contributed by atoms with Crippen LogP contribution in [0.25, 0.3) is 21.8 Å². The zero-order valence-electron chi connectivity index (χ0n) is 19.6. The minimum Gasteiger partial charge on any atom is -0.399 e. The van der Waals surface area contributed by atoms with Gasteiger partial charge in [-0.3, -0.25) is 0 Å². The maximum Gasteiger partial charge on any atom is 0.222 e. The van der Waals surface area contributed by atoms with Crippen LogP contribution in [-0.4, -0.2) is 19.9 Å². The highest BCUT2D eigenvalue weighted by Gasteiger charge is 2.02. The van der Waals surface area contributed by atoms with Gasteiger partial charge >= 0.3 is 0 Å². The summed E-state index contributed by atoms with van der Waals surface area (Å²) in [4.78, 5) is 16.9. The molecule has 0 saturated carbocycles. The summed E-state index contributed by atoms with van der Waals surface area (Å²) in [6, 6.07) is 31.6. The molecule has 0 saturated heterocycles. The second-order valence-corrected chi connectivity index (χ2v) is 10.1. The van der Waals surface area contributed by atoms with Gasteiger partial charge in [-0.05, 0) is 65.7 Å². The second-order valence-electron chi connectivity index (χ2n) is 7.90. The molecule has 8 heteroatoms. The number of aromatic nitrogens is 4. The van der Waals surface area contributed by atoms with Crippen LogP contribution in [0.1, 0.15) is 18.8 Å². The molecule has 2 aromatic heterocycles. The average molecular weight is 652 g/mol. The zero-order valence-corrected chi connectivity index (χ0v) is 23.5. The molecule has 0 aliphatic carbocycles. The van der Waals surface area contributed by atoms with Crippen molar-refractivity contribution in [2.24, 2.45) is 0 Å². The van der Waals surface area contributed by atoms with Crippen molar-refractivity contribution in [1.29, 1.82) is 0 Å². The minimum atomic E-state index is 0. The zero-order chi connectivity index (χ0) is 26.0. The molecule has 5 nitrogen and oxygen atoms in total. The van der Waals surface area contributed by atoms with Gasteiger partial charge in [0.1, 0.15) is 5.82 Å². The van der Waals surface area contributed by atoms with Crippen LogP contribution in [0.15, 0.2) is 118 Å². The van der Waals surface area contributed by atoms with E-state index in [4.69, 9.17) is 17.3 Å². The summed E-state index contributed by atoms with van der Waals surface area (Å²) in [6.07, 6.45) is 4.35. The van der Waals surface area contributed by atoms with Crippen LogP contribution in [0.2, 0.25) is 5.28 Å². The summed E-state index contributed by atoms with van der Waals surface area (Å²) < 4.78 is 2.07. The fourth-order valence-electron chi connectivity index (χ4n) is 3.34. The standard InChI is InChI=1S/C15H11BrN2.C8H4BrClN2.C6H7N.CH4/c16-13-6-7-14-12(9-13)10-17-15(18-14)8-11-4-2-1-3-5-11;9-6-1-2-7-5(3-6)4-11-8(10)12-7;7-6-4-2-1-3-5-6;/h1-7,9-10H,8H2;1-4H;1-5H,7H2;1H4. The van der Waals surface area contributed by atoms with Gasteiger partial charge in [-0.25, -0.2) is 19.9 Å². The number of fused-ring (bicyclic) bond motifs is 2. The first kappa shape index (κ1) is 29.2. The second kappa shape index (κ2) is 14.5. The normalized spacial score (nSPS) is 9.97. The van der Waals surface area contributed by atoms with Gasteiger partial charge in [0, 0.05) is 44.2 Å². The molecule has 0 aliphatic rings. The molecule has 0 spiro atoms. The molecular weight excluding hydrogens is 626 g/mol. The molecule has 6 rings (SSSR count). The van der Waals surface area contributed by atoms with Gasteiger partial charge in [-0.1, -0.05) is 87.8 Å². The SMILES string of the molecule is Brc1ccc2nc(Cc3ccccc3)ncc2c1.C.Clc1ncc2cc(Br)ccc2n1.Nc1ccccc1. The van der Waals surface area contributed by atoms with Gasteiger partial charge in [0.15, 0.2) is 0 Å². The molecule has 0 atom stereocenters. The van der Waals surface area contributed by atoms with E-state index in [0.717, 1.165) is 48.7 Å². The minimum absolute atomic E-state index is 0. The first-order chi connectivity index (χ1) is 18.0. The van der Waals surface area contributed by atoms with Gasteiger partial charge in [0.05, 0.1) is 11.0 Å². The summed E-state index contributed by atoms with van der Waals surface area (Å²) in [5, 5.41) is 2.32. The fourth-order valence-corrected chi connectivity index (χ4v) is 4.24. The van der Waals surface area contributed by atoms with Crippen LogP contribution in [-0.2, 0) is 6.42 Å². The quantitative estimate of drug-likeness (QED) is 0.149. The summed E-state index contributed by atoms with van der Waals surface area (Å²) >= 11 is 12.4. The number of halogens is 3. The first-order valence-corrected chi connectivity index (χ1v) is 13.3. The molecule has 0 bridgehead atoms. The molecule has 0 unspecified atom stereocenters. The summed E-state index contributed by atoms with van der Waals surface area (Å²) in [5.41, 5.74) is 9.25. The van der Waals surface area contributed by atoms with E-state index in [1.165, 1.54) is 5.56 Å². The van der Waals surface area contributed by atoms with Crippen LogP contribution in [0.5, 0.6) is 0 Å². The lowest BCUT2D eigenvalue weighted by Gasteiger charge is -2.03. The first-order valence-electron chi connectivity index (χ1n) is 11.3. The molecule has 0 fully saturated rings.